The van der Waals surface area contributed by atoms with Crippen LogP contribution in [-0.4, -0.2) is 33.2 Å². The van der Waals surface area contributed by atoms with E-state index in [-0.39, 0.29) is 6.04 Å². The molecule has 2 unspecified atom stereocenters. The molecule has 0 aromatic carbocycles. The highest BCUT2D eigenvalue weighted by Crippen LogP contribution is 2.27. The highest BCUT2D eigenvalue weighted by Gasteiger charge is 2.34. The summed E-state index contributed by atoms with van der Waals surface area (Å²) in [6, 6.07) is 0.128. The molecule has 0 saturated heterocycles. The monoisotopic (exact) mass is 265 g/mol. The molecule has 5 heteroatoms. The van der Waals surface area contributed by atoms with Gasteiger partial charge < -0.3 is 15.0 Å². The molecule has 19 heavy (non-hydrogen) atoms. The average molecular weight is 265 g/mol. The predicted octanol–water partition coefficient (Wildman–Crippen LogP) is 1.78. The Hall–Kier alpha value is -1.36. The number of aliphatic carboxylic acids is 1. The van der Waals surface area contributed by atoms with E-state index >= 15 is 0 Å². The van der Waals surface area contributed by atoms with E-state index in [1.54, 1.807) is 14.0 Å². The summed E-state index contributed by atoms with van der Waals surface area (Å²) in [6.07, 6.45) is 6.94. The van der Waals surface area contributed by atoms with Crippen molar-refractivity contribution < 1.29 is 9.90 Å². The van der Waals surface area contributed by atoms with E-state index in [2.05, 4.69) is 21.8 Å². The summed E-state index contributed by atoms with van der Waals surface area (Å²) in [4.78, 5) is 15.8. The summed E-state index contributed by atoms with van der Waals surface area (Å²) in [5, 5.41) is 12.2. The Morgan fingerprint density at radius 2 is 2.26 bits per heavy atom. The maximum atomic E-state index is 11.4. The lowest BCUT2D eigenvalue weighted by molar-refractivity contribution is -0.144. The topological polar surface area (TPSA) is 67.2 Å². The molecule has 0 spiro atoms. The summed E-state index contributed by atoms with van der Waals surface area (Å²) in [6.45, 7) is 3.80. The summed E-state index contributed by atoms with van der Waals surface area (Å²) in [7, 11) is 1.70. The normalized spacial score (nSPS) is 19.5. The summed E-state index contributed by atoms with van der Waals surface area (Å²) in [5.41, 5.74) is 1.59. The van der Waals surface area contributed by atoms with Crippen LogP contribution in [0.25, 0.3) is 0 Å². The number of nitrogens with one attached hydrogen (secondary N) is 1. The zero-order valence-electron chi connectivity index (χ0n) is 11.9. The Bertz CT molecular complexity index is 469. The number of fused-ring (bicyclic) bond motifs is 1. The largest absolute Gasteiger partial charge is 0.480 e. The molecule has 1 heterocycles. The van der Waals surface area contributed by atoms with Gasteiger partial charge >= 0.3 is 5.97 Å². The first-order valence-corrected chi connectivity index (χ1v) is 6.95. The van der Waals surface area contributed by atoms with Crippen LogP contribution in [0.5, 0.6) is 0 Å². The van der Waals surface area contributed by atoms with Crippen LogP contribution in [0.4, 0.5) is 0 Å². The van der Waals surface area contributed by atoms with Crippen molar-refractivity contribution in [2.24, 2.45) is 0 Å². The van der Waals surface area contributed by atoms with Gasteiger partial charge in [-0.2, -0.15) is 0 Å². The standard InChI is InChI=1S/C14H23N3O2/c1-10(8-14(2,15-3)13(18)19)17-9-16-11-6-4-5-7-12(11)17/h9-10,15H,4-8H2,1-3H3,(H,18,19). The van der Waals surface area contributed by atoms with E-state index in [1.165, 1.54) is 24.2 Å². The van der Waals surface area contributed by atoms with E-state index in [9.17, 15) is 9.90 Å². The minimum Gasteiger partial charge on any atom is -0.480 e. The Morgan fingerprint density at radius 3 is 2.89 bits per heavy atom. The molecule has 1 aromatic heterocycles. The lowest BCUT2D eigenvalue weighted by atomic mass is 9.93. The SMILES string of the molecule is CNC(C)(CC(C)n1cnc2c1CCCC2)C(=O)O. The number of likely N-dealkylation sites (N-methyl/N-ethyl adjacent to an activating group) is 1. The summed E-state index contributed by atoms with van der Waals surface area (Å²) >= 11 is 0. The Kier molecular flexibility index (Phi) is 3.94. The molecule has 1 aliphatic carbocycles. The van der Waals surface area contributed by atoms with E-state index in [4.69, 9.17) is 0 Å². The lowest BCUT2D eigenvalue weighted by Crippen LogP contribution is -2.48. The van der Waals surface area contributed by atoms with Crippen molar-refractivity contribution in [3.05, 3.63) is 17.7 Å². The van der Waals surface area contributed by atoms with Crippen molar-refractivity contribution in [2.45, 2.75) is 57.5 Å². The van der Waals surface area contributed by atoms with Crippen LogP contribution in [0, 0.1) is 0 Å². The van der Waals surface area contributed by atoms with Gasteiger partial charge in [0.1, 0.15) is 5.54 Å². The van der Waals surface area contributed by atoms with Gasteiger partial charge in [0.05, 0.1) is 12.0 Å². The molecule has 0 amide bonds. The second kappa shape index (κ2) is 5.33. The van der Waals surface area contributed by atoms with Gasteiger partial charge in [-0.1, -0.05) is 0 Å². The second-order valence-electron chi connectivity index (χ2n) is 5.69. The Labute approximate surface area is 114 Å². The number of aryl methyl sites for hydroxylation is 1. The number of carboxylic acid groups (broad SMARTS) is 1. The van der Waals surface area contributed by atoms with E-state index in [1.807, 2.05) is 6.33 Å². The van der Waals surface area contributed by atoms with Crippen LogP contribution < -0.4 is 5.32 Å². The minimum atomic E-state index is -0.898. The number of carbonyl (C=O) groups is 1. The number of hydrogen-bond donors (Lipinski definition) is 2. The van der Waals surface area contributed by atoms with Crippen molar-refractivity contribution in [2.75, 3.05) is 7.05 Å². The first kappa shape index (κ1) is 14.1. The molecule has 0 radical (unpaired) electrons. The zero-order valence-corrected chi connectivity index (χ0v) is 11.9. The van der Waals surface area contributed by atoms with E-state index in [0.29, 0.717) is 6.42 Å². The van der Waals surface area contributed by atoms with Gasteiger partial charge in [-0.3, -0.25) is 4.79 Å². The van der Waals surface area contributed by atoms with Gasteiger partial charge in [0.2, 0.25) is 0 Å². The van der Waals surface area contributed by atoms with Gasteiger partial charge in [-0.15, -0.1) is 0 Å². The third-order valence-electron chi connectivity index (χ3n) is 4.26. The average Bonchev–Trinajstić information content (AvgIpc) is 2.82. The fourth-order valence-corrected chi connectivity index (χ4v) is 2.86. The number of carboxylic acids is 1. The third kappa shape index (κ3) is 2.66. The maximum absolute atomic E-state index is 11.4. The molecule has 2 rings (SSSR count). The fraction of sp³-hybridized carbons (Fsp3) is 0.714. The first-order valence-electron chi connectivity index (χ1n) is 6.95. The number of aromatic nitrogens is 2. The van der Waals surface area contributed by atoms with Crippen molar-refractivity contribution in [1.29, 1.82) is 0 Å². The van der Waals surface area contributed by atoms with Crippen LogP contribution in [0.1, 0.15) is 50.5 Å². The van der Waals surface area contributed by atoms with Crippen LogP contribution in [0.2, 0.25) is 0 Å². The van der Waals surface area contributed by atoms with Crippen LogP contribution in [0.3, 0.4) is 0 Å². The van der Waals surface area contributed by atoms with Crippen molar-refractivity contribution >= 4 is 5.97 Å². The van der Waals surface area contributed by atoms with Crippen molar-refractivity contribution in [3.8, 4) is 0 Å². The molecular weight excluding hydrogens is 242 g/mol. The fourth-order valence-electron chi connectivity index (χ4n) is 2.86. The number of nitrogens with zero attached hydrogens (tertiary/aromatic N) is 2. The summed E-state index contributed by atoms with van der Waals surface area (Å²) in [5.74, 6) is -0.809. The van der Waals surface area contributed by atoms with Gasteiger partial charge in [-0.05, 0) is 53.0 Å². The second-order valence-corrected chi connectivity index (χ2v) is 5.69. The smallest absolute Gasteiger partial charge is 0.323 e. The lowest BCUT2D eigenvalue weighted by Gasteiger charge is -2.29. The van der Waals surface area contributed by atoms with Crippen LogP contribution in [-0.2, 0) is 17.6 Å². The Balaban J connectivity index is 2.18. The number of hydrogen-bond acceptors (Lipinski definition) is 3. The van der Waals surface area contributed by atoms with Crippen molar-refractivity contribution in [1.82, 2.24) is 14.9 Å². The predicted molar refractivity (Wildman–Crippen MR) is 73.3 cm³/mol. The molecule has 1 aliphatic rings. The highest BCUT2D eigenvalue weighted by atomic mass is 16.4. The molecule has 1 aromatic rings. The molecule has 0 aliphatic heterocycles. The van der Waals surface area contributed by atoms with E-state index < -0.39 is 11.5 Å². The van der Waals surface area contributed by atoms with Gasteiger partial charge in [0.15, 0.2) is 0 Å². The third-order valence-corrected chi connectivity index (χ3v) is 4.26. The molecule has 2 atom stereocenters. The van der Waals surface area contributed by atoms with Gasteiger partial charge in [0.25, 0.3) is 0 Å². The highest BCUT2D eigenvalue weighted by molar-refractivity contribution is 5.78. The first-order chi connectivity index (χ1) is 8.98. The van der Waals surface area contributed by atoms with Gasteiger partial charge in [0, 0.05) is 11.7 Å². The molecule has 5 nitrogen and oxygen atoms in total. The van der Waals surface area contributed by atoms with Crippen LogP contribution in [0.15, 0.2) is 6.33 Å². The molecule has 2 N–H and O–H groups in total. The quantitative estimate of drug-likeness (QED) is 0.851. The number of imidazole rings is 1. The van der Waals surface area contributed by atoms with E-state index in [0.717, 1.165) is 12.8 Å². The minimum absolute atomic E-state index is 0.128. The summed E-state index contributed by atoms with van der Waals surface area (Å²) < 4.78 is 2.16. The van der Waals surface area contributed by atoms with Crippen LogP contribution >= 0.6 is 0 Å². The Morgan fingerprint density at radius 1 is 1.58 bits per heavy atom. The number of rotatable bonds is 5. The molecule has 106 valence electrons. The molecular formula is C14H23N3O2. The van der Waals surface area contributed by atoms with Crippen molar-refractivity contribution in [3.63, 3.8) is 0 Å². The molecule has 0 fully saturated rings. The van der Waals surface area contributed by atoms with Gasteiger partial charge in [-0.25, -0.2) is 4.98 Å². The molecule has 0 bridgehead atoms. The molecule has 0 saturated carbocycles. The maximum Gasteiger partial charge on any atom is 0.323 e. The zero-order chi connectivity index (χ0) is 14.0.